The summed E-state index contributed by atoms with van der Waals surface area (Å²) in [5.41, 5.74) is 8.95. The molecule has 13 heteroatoms. The Hall–Kier alpha value is -4.36. The van der Waals surface area contributed by atoms with E-state index in [0.29, 0.717) is 42.4 Å². The van der Waals surface area contributed by atoms with Crippen LogP contribution in [0.1, 0.15) is 19.4 Å². The zero-order chi connectivity index (χ0) is 30.0. The summed E-state index contributed by atoms with van der Waals surface area (Å²) in [4.78, 5) is 24.6. The molecule has 1 amide bonds. The number of carbonyl (C=O) groups is 1. The maximum atomic E-state index is 15.0. The zero-order valence-electron chi connectivity index (χ0n) is 23.9. The fourth-order valence-corrected chi connectivity index (χ4v) is 5.60. The minimum atomic E-state index is -0.729. The molecule has 1 aliphatic heterocycles. The topological polar surface area (TPSA) is 123 Å². The Morgan fingerprint density at radius 2 is 1.95 bits per heavy atom. The summed E-state index contributed by atoms with van der Waals surface area (Å²) in [5, 5.41) is 7.79. The van der Waals surface area contributed by atoms with Crippen LogP contribution in [-0.4, -0.2) is 76.5 Å². The average Bonchev–Trinajstić information content (AvgIpc) is 3.37. The molecule has 1 aliphatic rings. The fraction of sp³-hybridized carbons (Fsp3) is 0.379. The molecule has 3 N–H and O–H groups in total. The van der Waals surface area contributed by atoms with E-state index in [2.05, 4.69) is 25.3 Å². The second-order valence-corrected chi connectivity index (χ2v) is 10.3. The number of benzene rings is 1. The highest BCUT2D eigenvalue weighted by Crippen LogP contribution is 2.33. The smallest absolute Gasteiger partial charge is 0.409 e. The maximum Gasteiger partial charge on any atom is 0.409 e. The molecule has 1 aromatic carbocycles. The van der Waals surface area contributed by atoms with Crippen molar-refractivity contribution < 1.29 is 23.0 Å². The van der Waals surface area contributed by atoms with Crippen molar-refractivity contribution in [3.63, 3.8) is 0 Å². The molecule has 0 radical (unpaired) electrons. The van der Waals surface area contributed by atoms with Crippen LogP contribution in [0.2, 0.25) is 0 Å². The van der Waals surface area contributed by atoms with Gasteiger partial charge in [0.1, 0.15) is 11.6 Å². The highest BCUT2D eigenvalue weighted by atomic mass is 19.1. The molecule has 1 saturated heterocycles. The van der Waals surface area contributed by atoms with Crippen molar-refractivity contribution in [1.82, 2.24) is 24.5 Å². The molecule has 0 spiro atoms. The number of anilines is 3. The SMILES string of the molecule is CCOCc1cc(F)c(-c2ccc3cnc(Nc4cnccc4N4CC(C)C(N(C)C(=O)OC)C(N)C4)n3n2)c(F)c1. The predicted molar refractivity (Wildman–Crippen MR) is 154 cm³/mol. The summed E-state index contributed by atoms with van der Waals surface area (Å²) < 4.78 is 41.7. The quantitative estimate of drug-likeness (QED) is 0.316. The fourth-order valence-electron chi connectivity index (χ4n) is 5.60. The van der Waals surface area contributed by atoms with E-state index in [-0.39, 0.29) is 35.9 Å². The molecule has 222 valence electrons. The van der Waals surface area contributed by atoms with Gasteiger partial charge in [0.15, 0.2) is 0 Å². The minimum Gasteiger partial charge on any atom is -0.453 e. The number of imidazole rings is 1. The Labute approximate surface area is 242 Å². The maximum absolute atomic E-state index is 15.0. The average molecular weight is 581 g/mol. The van der Waals surface area contributed by atoms with Gasteiger partial charge in [0, 0.05) is 39.0 Å². The number of pyridine rings is 1. The summed E-state index contributed by atoms with van der Waals surface area (Å²) in [6, 6.07) is 7.11. The van der Waals surface area contributed by atoms with Crippen LogP contribution in [0.5, 0.6) is 0 Å². The highest BCUT2D eigenvalue weighted by Gasteiger charge is 2.38. The number of hydrogen-bond donors (Lipinski definition) is 2. The van der Waals surface area contributed by atoms with Crippen molar-refractivity contribution in [3.05, 3.63) is 66.1 Å². The summed E-state index contributed by atoms with van der Waals surface area (Å²) in [6.07, 6.45) is 4.53. The van der Waals surface area contributed by atoms with Gasteiger partial charge in [0.25, 0.3) is 0 Å². The second-order valence-electron chi connectivity index (χ2n) is 10.3. The summed E-state index contributed by atoms with van der Waals surface area (Å²) in [6.45, 7) is 5.52. The second kappa shape index (κ2) is 12.2. The summed E-state index contributed by atoms with van der Waals surface area (Å²) in [5.74, 6) is -1.08. The Morgan fingerprint density at radius 1 is 1.19 bits per heavy atom. The van der Waals surface area contributed by atoms with E-state index in [1.165, 1.54) is 23.8 Å². The van der Waals surface area contributed by atoms with Crippen molar-refractivity contribution in [2.75, 3.05) is 44.1 Å². The number of aromatic nitrogens is 4. The molecule has 3 unspecified atom stereocenters. The first-order chi connectivity index (χ1) is 20.2. The first-order valence-electron chi connectivity index (χ1n) is 13.6. The summed E-state index contributed by atoms with van der Waals surface area (Å²) in [7, 11) is 3.04. The number of methoxy groups -OCH3 is 1. The van der Waals surface area contributed by atoms with Crippen LogP contribution in [0, 0.1) is 17.6 Å². The minimum absolute atomic E-state index is 0.0417. The lowest BCUT2D eigenvalue weighted by atomic mass is 9.89. The van der Waals surface area contributed by atoms with Gasteiger partial charge in [-0.1, -0.05) is 6.92 Å². The number of fused-ring (bicyclic) bond motifs is 1. The van der Waals surface area contributed by atoms with Crippen LogP contribution >= 0.6 is 0 Å². The summed E-state index contributed by atoms with van der Waals surface area (Å²) >= 11 is 0. The molecule has 42 heavy (non-hydrogen) atoms. The van der Waals surface area contributed by atoms with Gasteiger partial charge in [-0.2, -0.15) is 9.61 Å². The number of nitrogens with two attached hydrogens (primary N) is 1. The van der Waals surface area contributed by atoms with E-state index in [1.807, 2.05) is 19.9 Å². The lowest BCUT2D eigenvalue weighted by molar-refractivity contribution is 0.0906. The normalized spacial score (nSPS) is 18.7. The van der Waals surface area contributed by atoms with Crippen molar-refractivity contribution in [2.45, 2.75) is 32.5 Å². The number of piperidine rings is 1. The number of likely N-dealkylation sites (N-methyl/N-ethyl adjacent to an activating group) is 1. The van der Waals surface area contributed by atoms with Crippen LogP contribution in [0.4, 0.5) is 30.9 Å². The zero-order valence-corrected chi connectivity index (χ0v) is 23.9. The van der Waals surface area contributed by atoms with Crippen LogP contribution < -0.4 is 16.0 Å². The van der Waals surface area contributed by atoms with Crippen LogP contribution in [0.15, 0.2) is 48.9 Å². The number of ether oxygens (including phenoxy) is 2. The third kappa shape index (κ3) is 5.70. The van der Waals surface area contributed by atoms with Crippen molar-refractivity contribution in [3.8, 4) is 11.3 Å². The van der Waals surface area contributed by atoms with E-state index >= 15 is 8.78 Å². The van der Waals surface area contributed by atoms with Gasteiger partial charge in [0.05, 0.1) is 60.3 Å². The molecule has 0 bridgehead atoms. The molecule has 11 nitrogen and oxygen atoms in total. The monoisotopic (exact) mass is 580 g/mol. The van der Waals surface area contributed by atoms with Gasteiger partial charge in [0.2, 0.25) is 5.95 Å². The number of nitrogens with one attached hydrogen (secondary N) is 1. The van der Waals surface area contributed by atoms with Gasteiger partial charge >= 0.3 is 6.09 Å². The van der Waals surface area contributed by atoms with E-state index < -0.39 is 17.7 Å². The highest BCUT2D eigenvalue weighted by molar-refractivity contribution is 5.74. The van der Waals surface area contributed by atoms with Gasteiger partial charge in [-0.25, -0.2) is 18.6 Å². The molecular formula is C29H34F2N8O3. The van der Waals surface area contributed by atoms with Crippen molar-refractivity contribution in [2.24, 2.45) is 11.7 Å². The van der Waals surface area contributed by atoms with E-state index in [4.69, 9.17) is 15.2 Å². The Bertz CT molecular complexity index is 1550. The molecule has 4 aromatic rings. The Balaban J connectivity index is 1.42. The number of amides is 1. The molecule has 5 rings (SSSR count). The predicted octanol–water partition coefficient (Wildman–Crippen LogP) is 4.20. The Kier molecular flexibility index (Phi) is 8.50. The third-order valence-electron chi connectivity index (χ3n) is 7.47. The number of carbonyl (C=O) groups excluding carboxylic acids is 1. The van der Waals surface area contributed by atoms with Crippen LogP contribution in [-0.2, 0) is 16.1 Å². The molecule has 0 saturated carbocycles. The molecule has 4 heterocycles. The van der Waals surface area contributed by atoms with E-state index in [0.717, 1.165) is 5.69 Å². The standard InChI is InChI=1S/C29H34F2N8O3/c1-5-42-16-18-10-20(30)26(21(31)11-18)23-7-6-19-12-34-28(39(19)36-23)35-24-13-33-9-8-25(24)38-14-17(2)27(22(32)15-38)37(3)29(40)41-4/h6-13,17,22,27H,5,14-16,32H2,1-4H3,(H,34,35). The van der Waals surface area contributed by atoms with Crippen LogP contribution in [0.25, 0.3) is 16.8 Å². The Morgan fingerprint density at radius 3 is 2.64 bits per heavy atom. The number of nitrogens with zero attached hydrogens (tertiary/aromatic N) is 6. The number of halogens is 2. The lowest BCUT2D eigenvalue weighted by Crippen LogP contribution is -2.62. The van der Waals surface area contributed by atoms with Crippen molar-refractivity contribution >= 4 is 28.9 Å². The molecular weight excluding hydrogens is 546 g/mol. The van der Waals surface area contributed by atoms with Gasteiger partial charge in [-0.15, -0.1) is 0 Å². The number of hydrogen-bond acceptors (Lipinski definition) is 9. The molecule has 3 aromatic heterocycles. The third-order valence-corrected chi connectivity index (χ3v) is 7.47. The van der Waals surface area contributed by atoms with Gasteiger partial charge in [-0.05, 0) is 48.7 Å². The number of rotatable bonds is 8. The van der Waals surface area contributed by atoms with Crippen molar-refractivity contribution in [1.29, 1.82) is 0 Å². The molecule has 0 aliphatic carbocycles. The first kappa shape index (κ1) is 29.1. The molecule has 1 fully saturated rings. The van der Waals surface area contributed by atoms with Crippen LogP contribution in [0.3, 0.4) is 0 Å². The van der Waals surface area contributed by atoms with Gasteiger partial charge < -0.3 is 30.3 Å². The van der Waals surface area contributed by atoms with Gasteiger partial charge in [-0.3, -0.25) is 4.98 Å². The molecule has 3 atom stereocenters. The van der Waals surface area contributed by atoms with E-state index in [1.54, 1.807) is 42.7 Å². The van der Waals surface area contributed by atoms with E-state index in [9.17, 15) is 4.79 Å². The first-order valence-corrected chi connectivity index (χ1v) is 13.6. The lowest BCUT2D eigenvalue weighted by Gasteiger charge is -2.45. The largest absolute Gasteiger partial charge is 0.453 e.